The summed E-state index contributed by atoms with van der Waals surface area (Å²) in [5.41, 5.74) is 4.07. The molecule has 2 aromatic carbocycles. The lowest BCUT2D eigenvalue weighted by atomic mass is 10.2. The van der Waals surface area contributed by atoms with E-state index in [1.807, 2.05) is 61.1 Å². The van der Waals surface area contributed by atoms with E-state index in [0.29, 0.717) is 35.3 Å². The van der Waals surface area contributed by atoms with Gasteiger partial charge in [-0.1, -0.05) is 13.0 Å². The van der Waals surface area contributed by atoms with E-state index in [4.69, 9.17) is 9.47 Å². The summed E-state index contributed by atoms with van der Waals surface area (Å²) in [7, 11) is 7.03. The highest BCUT2D eigenvalue weighted by molar-refractivity contribution is 6.10. The van der Waals surface area contributed by atoms with Crippen LogP contribution in [0.15, 0.2) is 53.7 Å². The number of aliphatic imine (C=N–C) groups is 1. The molecule has 1 heterocycles. The van der Waals surface area contributed by atoms with Crippen molar-refractivity contribution in [3.05, 3.63) is 65.5 Å². The van der Waals surface area contributed by atoms with Gasteiger partial charge in [-0.3, -0.25) is 14.8 Å². The third-order valence-corrected chi connectivity index (χ3v) is 5.41. The van der Waals surface area contributed by atoms with Crippen LogP contribution in [0.4, 0.5) is 11.4 Å². The zero-order valence-corrected chi connectivity index (χ0v) is 21.3. The second kappa shape index (κ2) is 11.9. The monoisotopic (exact) mass is 478 g/mol. The minimum absolute atomic E-state index is 0.265. The minimum atomic E-state index is -0.265. The number of rotatable bonds is 9. The maximum Gasteiger partial charge on any atom is 0.258 e. The van der Waals surface area contributed by atoms with Crippen LogP contribution in [0, 0.1) is 6.92 Å². The largest absolute Gasteiger partial charge is 0.493 e. The summed E-state index contributed by atoms with van der Waals surface area (Å²) < 4.78 is 12.7. The molecule has 0 saturated carbocycles. The fourth-order valence-corrected chi connectivity index (χ4v) is 3.49. The van der Waals surface area contributed by atoms with Gasteiger partial charge in [-0.25, -0.2) is 4.99 Å². The number of aryl methyl sites for hydroxylation is 2. The molecular formula is C26H34N6O3. The van der Waals surface area contributed by atoms with E-state index in [1.165, 1.54) is 0 Å². The van der Waals surface area contributed by atoms with Crippen molar-refractivity contribution in [3.63, 3.8) is 0 Å². The summed E-state index contributed by atoms with van der Waals surface area (Å²) in [6.07, 6.45) is 3.00. The molecule has 1 aromatic heterocycles. The Balaban J connectivity index is 1.88. The highest BCUT2D eigenvalue weighted by Gasteiger charge is 2.13. The second-order valence-electron chi connectivity index (χ2n) is 8.26. The summed E-state index contributed by atoms with van der Waals surface area (Å²) in [6, 6.07) is 12.8. The van der Waals surface area contributed by atoms with Crippen molar-refractivity contribution in [2.24, 2.45) is 4.99 Å². The number of nitrogens with zero attached hydrogens (tertiary/aromatic N) is 4. The fourth-order valence-electron chi connectivity index (χ4n) is 3.49. The van der Waals surface area contributed by atoms with Crippen LogP contribution in [0.3, 0.4) is 0 Å². The molecule has 0 spiro atoms. The van der Waals surface area contributed by atoms with Gasteiger partial charge in [-0.05, 0) is 43.7 Å². The number of hydrogen-bond acceptors (Lipinski definition) is 6. The first-order valence-electron chi connectivity index (χ1n) is 11.5. The van der Waals surface area contributed by atoms with Crippen LogP contribution in [0.5, 0.6) is 11.5 Å². The Hall–Kier alpha value is -4.01. The summed E-state index contributed by atoms with van der Waals surface area (Å²) in [4.78, 5) is 19.7. The Morgan fingerprint density at radius 1 is 1.11 bits per heavy atom. The Labute approximate surface area is 206 Å². The molecule has 0 aliphatic carbocycles. The third-order valence-electron chi connectivity index (χ3n) is 5.41. The Kier molecular flexibility index (Phi) is 8.72. The van der Waals surface area contributed by atoms with Crippen molar-refractivity contribution < 1.29 is 14.3 Å². The number of guanidine groups is 1. The molecule has 0 radical (unpaired) electrons. The van der Waals surface area contributed by atoms with E-state index < -0.39 is 0 Å². The number of ether oxygens (including phenoxy) is 2. The third kappa shape index (κ3) is 6.75. The van der Waals surface area contributed by atoms with Gasteiger partial charge in [0.25, 0.3) is 5.91 Å². The van der Waals surface area contributed by atoms with Crippen molar-refractivity contribution in [3.8, 4) is 11.5 Å². The van der Waals surface area contributed by atoms with Gasteiger partial charge in [0.05, 0.1) is 26.5 Å². The highest BCUT2D eigenvalue weighted by Crippen LogP contribution is 2.29. The molecule has 0 fully saturated rings. The molecule has 3 rings (SSSR count). The molecule has 0 saturated heterocycles. The SMILES string of the molecule is CCCn1cc(CN=C(NC(=O)c2cccc(N(C)C)c2)Nc2ccc(OC)c(OC)c2)c(C)n1. The first-order valence-corrected chi connectivity index (χ1v) is 11.5. The number of hydrogen-bond donors (Lipinski definition) is 2. The number of methoxy groups -OCH3 is 2. The van der Waals surface area contributed by atoms with Crippen molar-refractivity contribution in [1.82, 2.24) is 15.1 Å². The molecule has 3 aromatic rings. The molecule has 0 aliphatic rings. The van der Waals surface area contributed by atoms with E-state index >= 15 is 0 Å². The normalized spacial score (nSPS) is 11.2. The summed E-state index contributed by atoms with van der Waals surface area (Å²) >= 11 is 0. The van der Waals surface area contributed by atoms with Gasteiger partial charge >= 0.3 is 0 Å². The van der Waals surface area contributed by atoms with Crippen LogP contribution in [0.2, 0.25) is 0 Å². The van der Waals surface area contributed by atoms with Crippen molar-refractivity contribution in [1.29, 1.82) is 0 Å². The lowest BCUT2D eigenvalue weighted by Gasteiger charge is -2.15. The Morgan fingerprint density at radius 3 is 2.57 bits per heavy atom. The predicted octanol–water partition coefficient (Wildman–Crippen LogP) is 4.08. The number of aromatic nitrogens is 2. The van der Waals surface area contributed by atoms with Crippen LogP contribution in [-0.2, 0) is 13.1 Å². The van der Waals surface area contributed by atoms with E-state index in [0.717, 1.165) is 29.9 Å². The van der Waals surface area contributed by atoms with Gasteiger partial charge in [-0.2, -0.15) is 5.10 Å². The van der Waals surface area contributed by atoms with Gasteiger partial charge in [0, 0.05) is 55.4 Å². The number of anilines is 2. The maximum atomic E-state index is 13.1. The average molecular weight is 479 g/mol. The van der Waals surface area contributed by atoms with Gasteiger partial charge in [0.15, 0.2) is 11.5 Å². The molecule has 2 N–H and O–H groups in total. The summed E-state index contributed by atoms with van der Waals surface area (Å²) in [6.45, 7) is 5.29. The van der Waals surface area contributed by atoms with Crippen LogP contribution in [-0.4, -0.2) is 50.0 Å². The Bertz CT molecular complexity index is 1190. The summed E-state index contributed by atoms with van der Waals surface area (Å²) in [5, 5.41) is 10.7. The van der Waals surface area contributed by atoms with Crippen LogP contribution in [0.25, 0.3) is 0 Å². The number of nitrogens with one attached hydrogen (secondary N) is 2. The van der Waals surface area contributed by atoms with E-state index in [1.54, 1.807) is 32.4 Å². The van der Waals surface area contributed by atoms with Crippen LogP contribution < -0.4 is 25.0 Å². The lowest BCUT2D eigenvalue weighted by Crippen LogP contribution is -2.36. The van der Waals surface area contributed by atoms with Crippen LogP contribution >= 0.6 is 0 Å². The number of benzene rings is 2. The minimum Gasteiger partial charge on any atom is -0.493 e. The van der Waals surface area contributed by atoms with E-state index in [2.05, 4.69) is 27.6 Å². The first-order chi connectivity index (χ1) is 16.8. The van der Waals surface area contributed by atoms with Gasteiger partial charge in [-0.15, -0.1) is 0 Å². The molecule has 0 aliphatic heterocycles. The topological polar surface area (TPSA) is 93.0 Å². The number of amides is 1. The molecule has 0 bridgehead atoms. The number of carbonyl (C=O) groups excluding carboxylic acids is 1. The molecular weight excluding hydrogens is 444 g/mol. The van der Waals surface area contributed by atoms with Crippen molar-refractivity contribution >= 4 is 23.2 Å². The predicted molar refractivity (Wildman–Crippen MR) is 140 cm³/mol. The zero-order chi connectivity index (χ0) is 25.4. The fraction of sp³-hybridized carbons (Fsp3) is 0.346. The first kappa shape index (κ1) is 25.6. The second-order valence-corrected chi connectivity index (χ2v) is 8.26. The molecule has 186 valence electrons. The highest BCUT2D eigenvalue weighted by atomic mass is 16.5. The quantitative estimate of drug-likeness (QED) is 0.356. The lowest BCUT2D eigenvalue weighted by molar-refractivity contribution is 0.0977. The van der Waals surface area contributed by atoms with Gasteiger partial charge < -0.3 is 19.7 Å². The summed E-state index contributed by atoms with van der Waals surface area (Å²) in [5.74, 6) is 1.23. The smallest absolute Gasteiger partial charge is 0.258 e. The van der Waals surface area contributed by atoms with Crippen molar-refractivity contribution in [2.75, 3.05) is 38.5 Å². The zero-order valence-electron chi connectivity index (χ0n) is 21.3. The molecule has 35 heavy (non-hydrogen) atoms. The number of carbonyl (C=O) groups is 1. The Morgan fingerprint density at radius 2 is 1.89 bits per heavy atom. The molecule has 0 atom stereocenters. The molecule has 0 unspecified atom stereocenters. The average Bonchev–Trinajstić information content (AvgIpc) is 3.21. The standard InChI is InChI=1S/C26H34N6O3/c1-7-13-32-17-20(18(2)30-32)16-27-26(28-21-11-12-23(34-5)24(15-21)35-6)29-25(33)19-9-8-10-22(14-19)31(3)4/h8-12,14-15,17H,7,13,16H2,1-6H3,(H2,27,28,29,33). The molecule has 1 amide bonds. The van der Waals surface area contributed by atoms with E-state index in [-0.39, 0.29) is 5.91 Å². The molecule has 9 nitrogen and oxygen atoms in total. The van der Waals surface area contributed by atoms with Gasteiger partial charge in [0.2, 0.25) is 5.96 Å². The van der Waals surface area contributed by atoms with E-state index in [9.17, 15) is 4.79 Å². The van der Waals surface area contributed by atoms with Crippen LogP contribution in [0.1, 0.15) is 35.0 Å². The molecule has 9 heteroatoms. The van der Waals surface area contributed by atoms with Gasteiger partial charge in [0.1, 0.15) is 0 Å². The maximum absolute atomic E-state index is 13.1. The van der Waals surface area contributed by atoms with Crippen molar-refractivity contribution in [2.45, 2.75) is 33.4 Å².